The third-order valence-electron chi connectivity index (χ3n) is 4.82. The summed E-state index contributed by atoms with van der Waals surface area (Å²) in [6.45, 7) is 6.19. The second-order valence-electron chi connectivity index (χ2n) is 8.10. The molecule has 3 aromatic heterocycles. The largest absolute Gasteiger partial charge is 0.496 e. The van der Waals surface area contributed by atoms with E-state index in [0.29, 0.717) is 28.6 Å². The van der Waals surface area contributed by atoms with E-state index in [-0.39, 0.29) is 11.3 Å². The van der Waals surface area contributed by atoms with Crippen molar-refractivity contribution in [3.8, 4) is 17.1 Å². The average Bonchev–Trinajstić information content (AvgIpc) is 3.31. The van der Waals surface area contributed by atoms with Crippen LogP contribution in [0, 0.1) is 0 Å². The first-order valence-corrected chi connectivity index (χ1v) is 9.62. The molecule has 1 amide bonds. The number of hydrogen-bond donors (Lipinski definition) is 1. The summed E-state index contributed by atoms with van der Waals surface area (Å²) < 4.78 is 8.64. The van der Waals surface area contributed by atoms with Gasteiger partial charge in [0.15, 0.2) is 11.5 Å². The minimum absolute atomic E-state index is 0.134. The van der Waals surface area contributed by atoms with Gasteiger partial charge in [-0.25, -0.2) is 9.50 Å². The number of hydrogen-bond acceptors (Lipinski definition) is 5. The molecule has 8 heteroatoms. The molecule has 0 saturated carbocycles. The number of ether oxygens (including phenoxy) is 1. The molecule has 4 rings (SSSR count). The molecule has 0 unspecified atom stereocenters. The van der Waals surface area contributed by atoms with Crippen LogP contribution in [0.15, 0.2) is 48.7 Å². The fourth-order valence-corrected chi connectivity index (χ4v) is 3.14. The van der Waals surface area contributed by atoms with E-state index in [2.05, 4.69) is 41.3 Å². The predicted molar refractivity (Wildman–Crippen MR) is 115 cm³/mol. The van der Waals surface area contributed by atoms with E-state index in [1.54, 1.807) is 35.6 Å². The van der Waals surface area contributed by atoms with Gasteiger partial charge in [-0.2, -0.15) is 5.10 Å². The molecule has 154 valence electrons. The number of carbonyl (C=O) groups excluding carboxylic acids is 1. The Labute approximate surface area is 174 Å². The van der Waals surface area contributed by atoms with Gasteiger partial charge in [-0.1, -0.05) is 32.9 Å². The lowest BCUT2D eigenvalue weighted by Gasteiger charge is -2.13. The number of rotatable bonds is 4. The Morgan fingerprint density at radius 3 is 2.57 bits per heavy atom. The molecular formula is C22H24N6O2. The fourth-order valence-electron chi connectivity index (χ4n) is 3.14. The van der Waals surface area contributed by atoms with Crippen LogP contribution in [0.25, 0.3) is 17.0 Å². The van der Waals surface area contributed by atoms with E-state index in [9.17, 15) is 4.79 Å². The second kappa shape index (κ2) is 7.29. The highest BCUT2D eigenvalue weighted by Crippen LogP contribution is 2.27. The first kappa shape index (κ1) is 19.6. The quantitative estimate of drug-likeness (QED) is 0.561. The Balaban J connectivity index is 1.62. The van der Waals surface area contributed by atoms with Crippen LogP contribution in [0.1, 0.15) is 37.0 Å². The fraction of sp³-hybridized carbons (Fsp3) is 0.273. The summed E-state index contributed by atoms with van der Waals surface area (Å²) >= 11 is 0. The van der Waals surface area contributed by atoms with Crippen molar-refractivity contribution in [1.29, 1.82) is 0 Å². The van der Waals surface area contributed by atoms with Crippen molar-refractivity contribution >= 4 is 17.2 Å². The van der Waals surface area contributed by atoms with Crippen molar-refractivity contribution in [1.82, 2.24) is 24.4 Å². The van der Waals surface area contributed by atoms with Crippen molar-refractivity contribution in [3.05, 3.63) is 60.0 Å². The highest BCUT2D eigenvalue weighted by atomic mass is 16.5. The van der Waals surface area contributed by atoms with Gasteiger partial charge in [0, 0.05) is 12.5 Å². The summed E-state index contributed by atoms with van der Waals surface area (Å²) in [5.41, 5.74) is 3.31. The number of nitrogens with zero attached hydrogens (tertiary/aromatic N) is 5. The Kier molecular flexibility index (Phi) is 4.77. The molecule has 0 fully saturated rings. The van der Waals surface area contributed by atoms with Crippen molar-refractivity contribution in [2.75, 3.05) is 12.4 Å². The Bertz CT molecular complexity index is 1230. The molecule has 1 aromatic carbocycles. The lowest BCUT2D eigenvalue weighted by atomic mass is 9.92. The van der Waals surface area contributed by atoms with Crippen molar-refractivity contribution < 1.29 is 9.53 Å². The SMILES string of the molecule is COc1ccccc1-c1nc2ccc(NC(=O)c3cc(C(C)(C)C)nn3C)cn2n1. The van der Waals surface area contributed by atoms with Crippen LogP contribution in [0.2, 0.25) is 0 Å². The van der Waals surface area contributed by atoms with Gasteiger partial charge in [-0.15, -0.1) is 5.10 Å². The van der Waals surface area contributed by atoms with Crippen LogP contribution in [-0.2, 0) is 12.5 Å². The molecule has 0 atom stereocenters. The van der Waals surface area contributed by atoms with Crippen LogP contribution in [0.3, 0.4) is 0 Å². The molecule has 30 heavy (non-hydrogen) atoms. The molecule has 0 bridgehead atoms. The maximum atomic E-state index is 12.8. The summed E-state index contributed by atoms with van der Waals surface area (Å²) in [6.07, 6.45) is 1.74. The Morgan fingerprint density at radius 1 is 1.10 bits per heavy atom. The second-order valence-corrected chi connectivity index (χ2v) is 8.10. The van der Waals surface area contributed by atoms with Crippen molar-refractivity contribution in [2.24, 2.45) is 7.05 Å². The standard InChI is InChI=1S/C22H24N6O2/c1-22(2,3)18-12-16(27(4)25-18)21(29)23-14-10-11-19-24-20(26-28(19)13-14)15-8-6-7-9-17(15)30-5/h6-13H,1-5H3,(H,23,29). The first-order valence-electron chi connectivity index (χ1n) is 9.62. The summed E-state index contributed by atoms with van der Waals surface area (Å²) in [7, 11) is 3.38. The summed E-state index contributed by atoms with van der Waals surface area (Å²) in [4.78, 5) is 17.3. The maximum Gasteiger partial charge on any atom is 0.273 e. The average molecular weight is 404 g/mol. The number of pyridine rings is 1. The van der Waals surface area contributed by atoms with E-state index < -0.39 is 0 Å². The monoisotopic (exact) mass is 404 g/mol. The molecule has 1 N–H and O–H groups in total. The highest BCUT2D eigenvalue weighted by Gasteiger charge is 2.22. The zero-order chi connectivity index (χ0) is 21.5. The summed E-state index contributed by atoms with van der Waals surface area (Å²) in [5.74, 6) is 1.02. The number of aryl methyl sites for hydroxylation is 1. The van der Waals surface area contributed by atoms with Crippen LogP contribution in [0.5, 0.6) is 5.75 Å². The van der Waals surface area contributed by atoms with Gasteiger partial charge in [0.2, 0.25) is 0 Å². The number of nitrogens with one attached hydrogen (secondary N) is 1. The molecule has 0 saturated heterocycles. The Morgan fingerprint density at radius 2 is 1.87 bits per heavy atom. The van der Waals surface area contributed by atoms with Gasteiger partial charge in [-0.3, -0.25) is 9.48 Å². The molecule has 3 heterocycles. The molecule has 0 aliphatic carbocycles. The van der Waals surface area contributed by atoms with Gasteiger partial charge in [-0.05, 0) is 30.3 Å². The maximum absolute atomic E-state index is 12.8. The number of aromatic nitrogens is 5. The predicted octanol–water partition coefficient (Wildman–Crippen LogP) is 3.69. The topological polar surface area (TPSA) is 86.3 Å². The zero-order valence-electron chi connectivity index (χ0n) is 17.7. The van der Waals surface area contributed by atoms with Gasteiger partial charge in [0.1, 0.15) is 11.4 Å². The van der Waals surface area contributed by atoms with Gasteiger partial charge >= 0.3 is 0 Å². The highest BCUT2D eigenvalue weighted by molar-refractivity contribution is 6.03. The Hall–Kier alpha value is -3.68. The zero-order valence-corrected chi connectivity index (χ0v) is 17.7. The minimum Gasteiger partial charge on any atom is -0.496 e. The number of anilines is 1. The first-order chi connectivity index (χ1) is 14.3. The molecule has 0 aliphatic heterocycles. The molecule has 0 aliphatic rings. The van der Waals surface area contributed by atoms with Gasteiger partial charge < -0.3 is 10.1 Å². The van der Waals surface area contributed by atoms with E-state index >= 15 is 0 Å². The summed E-state index contributed by atoms with van der Waals surface area (Å²) in [6, 6.07) is 13.0. The minimum atomic E-state index is -0.232. The number of para-hydroxylation sites is 1. The molecule has 0 radical (unpaired) electrons. The number of amides is 1. The third-order valence-corrected chi connectivity index (χ3v) is 4.82. The smallest absolute Gasteiger partial charge is 0.273 e. The van der Waals surface area contributed by atoms with E-state index in [1.165, 1.54) is 0 Å². The van der Waals surface area contributed by atoms with Crippen LogP contribution >= 0.6 is 0 Å². The van der Waals surface area contributed by atoms with Crippen molar-refractivity contribution in [2.45, 2.75) is 26.2 Å². The van der Waals surface area contributed by atoms with Crippen LogP contribution < -0.4 is 10.1 Å². The van der Waals surface area contributed by atoms with Crippen LogP contribution in [0.4, 0.5) is 5.69 Å². The van der Waals surface area contributed by atoms with E-state index in [4.69, 9.17) is 4.74 Å². The molecule has 0 spiro atoms. The normalized spacial score (nSPS) is 11.6. The number of methoxy groups -OCH3 is 1. The van der Waals surface area contributed by atoms with E-state index in [0.717, 1.165) is 11.3 Å². The van der Waals surface area contributed by atoms with Gasteiger partial charge in [0.05, 0.1) is 30.3 Å². The van der Waals surface area contributed by atoms with E-state index in [1.807, 2.05) is 36.4 Å². The molecule has 4 aromatic rings. The number of benzene rings is 1. The molecule has 8 nitrogen and oxygen atoms in total. The lowest BCUT2D eigenvalue weighted by molar-refractivity contribution is 0.101. The number of carbonyl (C=O) groups is 1. The number of fused-ring (bicyclic) bond motifs is 1. The van der Waals surface area contributed by atoms with Crippen LogP contribution in [-0.4, -0.2) is 37.4 Å². The van der Waals surface area contributed by atoms with Crippen molar-refractivity contribution in [3.63, 3.8) is 0 Å². The summed E-state index contributed by atoms with van der Waals surface area (Å²) in [5, 5.41) is 11.9. The molecular weight excluding hydrogens is 380 g/mol. The lowest BCUT2D eigenvalue weighted by Crippen LogP contribution is -2.16. The van der Waals surface area contributed by atoms with Gasteiger partial charge in [0.25, 0.3) is 5.91 Å². The third kappa shape index (κ3) is 3.63.